The van der Waals surface area contributed by atoms with Crippen molar-refractivity contribution in [2.45, 2.75) is 17.4 Å². The molecule has 1 heterocycles. The van der Waals surface area contributed by atoms with Gasteiger partial charge in [0.25, 0.3) is 0 Å². The molecule has 0 aromatic heterocycles. The summed E-state index contributed by atoms with van der Waals surface area (Å²) < 4.78 is 29.0. The minimum Gasteiger partial charge on any atom is -0.391 e. The Morgan fingerprint density at radius 1 is 1.22 bits per heavy atom. The third-order valence-corrected chi connectivity index (χ3v) is 6.66. The third kappa shape index (κ3) is 6.08. The molecule has 13 heteroatoms. The van der Waals surface area contributed by atoms with Gasteiger partial charge in [0.05, 0.1) is 18.0 Å². The molecule has 1 atom stereocenters. The maximum Gasteiger partial charge on any atom is 0.241 e. The number of rotatable bonds is 9. The second kappa shape index (κ2) is 10.1. The van der Waals surface area contributed by atoms with E-state index < -0.39 is 27.9 Å². The van der Waals surface area contributed by atoms with Gasteiger partial charge in [-0.2, -0.15) is 4.72 Å². The van der Waals surface area contributed by atoms with Crippen molar-refractivity contribution in [3.05, 3.63) is 40.9 Å². The summed E-state index contributed by atoms with van der Waals surface area (Å²) in [5.41, 5.74) is 10.2. The highest BCUT2D eigenvalue weighted by Gasteiger charge is 2.35. The lowest BCUT2D eigenvalue weighted by molar-refractivity contribution is -0.134. The number of benzene rings is 2. The summed E-state index contributed by atoms with van der Waals surface area (Å²) in [4.78, 5) is 30.7. The molecule has 0 bridgehead atoms. The number of nitrogens with two attached hydrogens (primary N) is 2. The molecule has 0 aliphatic carbocycles. The second-order valence-electron chi connectivity index (χ2n) is 7.07. The van der Waals surface area contributed by atoms with Crippen LogP contribution in [0.15, 0.2) is 50.9 Å². The highest BCUT2D eigenvalue weighted by atomic mass is 79.9. The van der Waals surface area contributed by atoms with Gasteiger partial charge in [-0.05, 0) is 46.6 Å². The first-order valence-corrected chi connectivity index (χ1v) is 11.9. The molecular formula is C19H23BrN6O5S. The largest absolute Gasteiger partial charge is 0.391 e. The summed E-state index contributed by atoms with van der Waals surface area (Å²) >= 11 is 3.38. The van der Waals surface area contributed by atoms with Gasteiger partial charge in [0.15, 0.2) is 0 Å². The molecule has 6 N–H and O–H groups in total. The van der Waals surface area contributed by atoms with Crippen molar-refractivity contribution < 1.29 is 22.8 Å². The lowest BCUT2D eigenvalue weighted by Gasteiger charge is -2.17. The summed E-state index contributed by atoms with van der Waals surface area (Å²) in [5.74, 6) is -1.09. The normalized spacial score (nSPS) is 16.2. The minimum atomic E-state index is -3.92. The lowest BCUT2D eigenvalue weighted by Crippen LogP contribution is -2.44. The molecule has 1 saturated heterocycles. The van der Waals surface area contributed by atoms with E-state index in [9.17, 15) is 18.0 Å². The molecule has 2 amide bonds. The number of halogens is 1. The van der Waals surface area contributed by atoms with E-state index in [-0.39, 0.29) is 43.5 Å². The van der Waals surface area contributed by atoms with E-state index in [4.69, 9.17) is 16.3 Å². The molecule has 1 aliphatic rings. The van der Waals surface area contributed by atoms with Gasteiger partial charge in [-0.1, -0.05) is 28.1 Å². The van der Waals surface area contributed by atoms with Gasteiger partial charge in [0.2, 0.25) is 27.8 Å². The molecular weight excluding hydrogens is 504 g/mol. The number of carbonyl (C=O) groups is 2. The smallest absolute Gasteiger partial charge is 0.241 e. The van der Waals surface area contributed by atoms with Crippen LogP contribution in [0.1, 0.15) is 6.42 Å². The molecule has 1 aliphatic heterocycles. The summed E-state index contributed by atoms with van der Waals surface area (Å²) in [6.07, 6.45) is 0.263. The van der Waals surface area contributed by atoms with Crippen LogP contribution in [0.4, 0.5) is 0 Å². The fraction of sp³-hybridized carbons (Fsp3) is 0.316. The van der Waals surface area contributed by atoms with E-state index >= 15 is 0 Å². The Bertz CT molecular complexity index is 1150. The molecule has 0 radical (unpaired) electrons. The fourth-order valence-electron chi connectivity index (χ4n) is 3.21. The van der Waals surface area contributed by atoms with Crippen molar-refractivity contribution in [2.24, 2.45) is 16.6 Å². The molecule has 1 fully saturated rings. The molecule has 0 saturated carbocycles. The zero-order valence-corrected chi connectivity index (χ0v) is 19.4. The number of guanidine groups is 1. The number of hydrogen-bond donors (Lipinski definition) is 4. The molecule has 3 rings (SSSR count). The Hall–Kier alpha value is -2.90. The predicted molar refractivity (Wildman–Crippen MR) is 122 cm³/mol. The SMILES string of the molecule is NC(N)=NOCCNC(=O)CN1CC[C@H](NS(=O)(=O)c2ccc3cc(Br)ccc3c2)C1=O. The van der Waals surface area contributed by atoms with E-state index in [1.54, 1.807) is 12.1 Å². The van der Waals surface area contributed by atoms with Gasteiger partial charge in [-0.3, -0.25) is 9.59 Å². The van der Waals surface area contributed by atoms with E-state index in [1.807, 2.05) is 18.2 Å². The fourth-order valence-corrected chi connectivity index (χ4v) is 4.85. The minimum absolute atomic E-state index is 0.0583. The molecule has 2 aromatic carbocycles. The van der Waals surface area contributed by atoms with Crippen molar-refractivity contribution >= 4 is 54.5 Å². The van der Waals surface area contributed by atoms with Crippen molar-refractivity contribution in [3.63, 3.8) is 0 Å². The molecule has 2 aromatic rings. The van der Waals surface area contributed by atoms with Crippen molar-refractivity contribution in [1.82, 2.24) is 14.9 Å². The van der Waals surface area contributed by atoms with Crippen LogP contribution in [0.2, 0.25) is 0 Å². The third-order valence-electron chi connectivity index (χ3n) is 4.70. The van der Waals surface area contributed by atoms with E-state index in [2.05, 4.69) is 31.1 Å². The van der Waals surface area contributed by atoms with Crippen molar-refractivity contribution in [2.75, 3.05) is 26.2 Å². The number of sulfonamides is 1. The van der Waals surface area contributed by atoms with Crippen LogP contribution in [0.25, 0.3) is 10.8 Å². The highest BCUT2D eigenvalue weighted by molar-refractivity contribution is 9.10. The molecule has 0 unspecified atom stereocenters. The average Bonchev–Trinajstić information content (AvgIpc) is 3.05. The number of oxime groups is 1. The standard InChI is InChI=1S/C19H23BrN6O5S/c20-14-3-1-13-10-15(4-2-12(13)9-14)32(29,30)25-16-5-7-26(18(16)28)11-17(27)23-6-8-31-24-19(21)22/h1-4,9-10,16,25H,5-8,11H2,(H,23,27)(H4,21,22,24)/t16-/m0/s1. The van der Waals surface area contributed by atoms with Gasteiger partial charge in [0, 0.05) is 11.0 Å². The van der Waals surface area contributed by atoms with Gasteiger partial charge < -0.3 is 26.5 Å². The van der Waals surface area contributed by atoms with Crippen LogP contribution in [-0.4, -0.2) is 63.4 Å². The zero-order valence-electron chi connectivity index (χ0n) is 17.0. The van der Waals surface area contributed by atoms with E-state index in [0.717, 1.165) is 15.2 Å². The molecule has 11 nitrogen and oxygen atoms in total. The number of likely N-dealkylation sites (tertiary alicyclic amines) is 1. The van der Waals surface area contributed by atoms with Crippen LogP contribution in [0.3, 0.4) is 0 Å². The second-order valence-corrected chi connectivity index (χ2v) is 9.70. The summed E-state index contributed by atoms with van der Waals surface area (Å²) in [5, 5.41) is 7.52. The first-order valence-electron chi connectivity index (χ1n) is 9.64. The van der Waals surface area contributed by atoms with Crippen molar-refractivity contribution in [1.29, 1.82) is 0 Å². The summed E-state index contributed by atoms with van der Waals surface area (Å²) in [6, 6.07) is 9.34. The number of hydrogen-bond acceptors (Lipinski definition) is 6. The Morgan fingerprint density at radius 2 is 1.94 bits per heavy atom. The Morgan fingerprint density at radius 3 is 2.69 bits per heavy atom. The maximum atomic E-state index is 12.8. The number of amides is 2. The predicted octanol–water partition coefficient (Wildman–Crippen LogP) is -0.197. The molecule has 172 valence electrons. The summed E-state index contributed by atoms with van der Waals surface area (Å²) in [6.45, 7) is 0.273. The van der Waals surface area contributed by atoms with Crippen molar-refractivity contribution in [3.8, 4) is 0 Å². The van der Waals surface area contributed by atoms with Gasteiger partial charge >= 0.3 is 0 Å². The zero-order chi connectivity index (χ0) is 23.3. The van der Waals surface area contributed by atoms with Crippen LogP contribution < -0.4 is 21.5 Å². The number of fused-ring (bicyclic) bond motifs is 1. The monoisotopic (exact) mass is 526 g/mol. The first-order chi connectivity index (χ1) is 15.2. The first kappa shape index (κ1) is 23.8. The maximum absolute atomic E-state index is 12.8. The number of nitrogens with one attached hydrogen (secondary N) is 2. The summed E-state index contributed by atoms with van der Waals surface area (Å²) in [7, 11) is -3.92. The molecule has 32 heavy (non-hydrogen) atoms. The van der Waals surface area contributed by atoms with Crippen LogP contribution in [0, 0.1) is 0 Å². The topological polar surface area (TPSA) is 169 Å². The lowest BCUT2D eigenvalue weighted by atomic mass is 10.1. The van der Waals surface area contributed by atoms with E-state index in [0.29, 0.717) is 0 Å². The highest BCUT2D eigenvalue weighted by Crippen LogP contribution is 2.23. The quantitative estimate of drug-likeness (QED) is 0.152. The van der Waals surface area contributed by atoms with Crippen LogP contribution >= 0.6 is 15.9 Å². The van der Waals surface area contributed by atoms with Crippen LogP contribution in [0.5, 0.6) is 0 Å². The Kier molecular flexibility index (Phi) is 7.53. The van der Waals surface area contributed by atoms with Gasteiger partial charge in [-0.15, -0.1) is 0 Å². The van der Waals surface area contributed by atoms with E-state index in [1.165, 1.54) is 11.0 Å². The van der Waals surface area contributed by atoms with Crippen LogP contribution in [-0.2, 0) is 24.4 Å². The van der Waals surface area contributed by atoms with Gasteiger partial charge in [-0.25, -0.2) is 8.42 Å². The Balaban J connectivity index is 1.55. The average molecular weight is 527 g/mol. The van der Waals surface area contributed by atoms with Gasteiger partial charge in [0.1, 0.15) is 12.6 Å². The Labute approximate surface area is 193 Å². The number of carbonyl (C=O) groups excluding carboxylic acids is 2. The molecule has 0 spiro atoms. The number of nitrogens with zero attached hydrogens (tertiary/aromatic N) is 2.